The zero-order valence-electron chi connectivity index (χ0n) is 16.3. The molecule has 1 aromatic heterocycles. The van der Waals surface area contributed by atoms with Crippen molar-refractivity contribution in [2.45, 2.75) is 52.3 Å². The molecule has 1 atom stereocenters. The van der Waals surface area contributed by atoms with E-state index in [1.807, 2.05) is 38.1 Å². The number of aromatic nitrogens is 1. The summed E-state index contributed by atoms with van der Waals surface area (Å²) in [6, 6.07) is 7.82. The Hall–Kier alpha value is -2.96. The van der Waals surface area contributed by atoms with E-state index in [1.165, 1.54) is 0 Å². The molecule has 1 N–H and O–H groups in total. The zero-order chi connectivity index (χ0) is 19.8. The van der Waals surface area contributed by atoms with Gasteiger partial charge >= 0.3 is 5.97 Å². The number of nitrogens with zero attached hydrogens (tertiary/aromatic N) is 1. The van der Waals surface area contributed by atoms with E-state index >= 15 is 0 Å². The summed E-state index contributed by atoms with van der Waals surface area (Å²) in [6.45, 7) is 6.01. The predicted molar refractivity (Wildman–Crippen MR) is 101 cm³/mol. The molecule has 2 aromatic rings. The molecular formula is C21H24N2O5. The number of hydrogen-bond donors (Lipinski definition) is 1. The van der Waals surface area contributed by atoms with Crippen molar-refractivity contribution in [3.8, 4) is 11.5 Å². The van der Waals surface area contributed by atoms with Gasteiger partial charge in [0.25, 0.3) is 5.91 Å². The Labute approximate surface area is 163 Å². The van der Waals surface area contributed by atoms with Crippen molar-refractivity contribution in [1.29, 1.82) is 0 Å². The van der Waals surface area contributed by atoms with Crippen LogP contribution in [0, 0.1) is 13.8 Å². The van der Waals surface area contributed by atoms with Gasteiger partial charge in [-0.05, 0) is 57.4 Å². The first kappa shape index (κ1) is 18.4. The van der Waals surface area contributed by atoms with E-state index < -0.39 is 12.1 Å². The van der Waals surface area contributed by atoms with E-state index in [2.05, 4.69) is 9.88 Å². The number of aryl methyl sites for hydroxylation is 1. The average molecular weight is 384 g/mol. The summed E-state index contributed by atoms with van der Waals surface area (Å²) in [7, 11) is 0. The number of carbonyl (C=O) groups excluding carboxylic acids is 2. The molecule has 148 valence electrons. The molecule has 0 unspecified atom stereocenters. The zero-order valence-corrected chi connectivity index (χ0v) is 16.3. The second-order valence-electron chi connectivity index (χ2n) is 7.34. The summed E-state index contributed by atoms with van der Waals surface area (Å²) >= 11 is 0. The highest BCUT2D eigenvalue weighted by molar-refractivity contribution is 5.93. The fourth-order valence-corrected chi connectivity index (χ4v) is 3.54. The van der Waals surface area contributed by atoms with Crippen LogP contribution in [0.25, 0.3) is 0 Å². The van der Waals surface area contributed by atoms with Crippen LogP contribution in [0.2, 0.25) is 0 Å². The monoisotopic (exact) mass is 384 g/mol. The summed E-state index contributed by atoms with van der Waals surface area (Å²) in [5, 5.41) is 2.79. The summed E-state index contributed by atoms with van der Waals surface area (Å²) in [5.41, 5.74) is 3.36. The van der Waals surface area contributed by atoms with E-state index in [4.69, 9.17) is 14.2 Å². The molecule has 7 heteroatoms. The number of nitrogens with one attached hydrogen (secondary N) is 1. The van der Waals surface area contributed by atoms with Gasteiger partial charge < -0.3 is 24.1 Å². The van der Waals surface area contributed by atoms with Crippen molar-refractivity contribution in [2.24, 2.45) is 0 Å². The van der Waals surface area contributed by atoms with E-state index in [-0.39, 0.29) is 12.7 Å². The highest BCUT2D eigenvalue weighted by Crippen LogP contribution is 2.38. The van der Waals surface area contributed by atoms with Gasteiger partial charge in [-0.2, -0.15) is 0 Å². The molecule has 1 aromatic carbocycles. The molecule has 2 aliphatic rings. The van der Waals surface area contributed by atoms with Crippen molar-refractivity contribution >= 4 is 11.9 Å². The highest BCUT2D eigenvalue weighted by Gasteiger charge is 2.29. The molecular weight excluding hydrogens is 360 g/mol. The fraction of sp³-hybridized carbons (Fsp3) is 0.429. The molecule has 2 heterocycles. The molecule has 1 saturated carbocycles. The van der Waals surface area contributed by atoms with Crippen LogP contribution in [-0.4, -0.2) is 29.3 Å². The Morgan fingerprint density at radius 3 is 2.71 bits per heavy atom. The minimum absolute atomic E-state index is 0.208. The maximum Gasteiger partial charge on any atom is 0.340 e. The number of amides is 1. The average Bonchev–Trinajstić information content (AvgIpc) is 3.30. The van der Waals surface area contributed by atoms with Crippen molar-refractivity contribution in [3.63, 3.8) is 0 Å². The van der Waals surface area contributed by atoms with Crippen LogP contribution in [0.4, 0.5) is 0 Å². The maximum atomic E-state index is 12.5. The van der Waals surface area contributed by atoms with Crippen LogP contribution in [0.1, 0.15) is 53.1 Å². The number of esters is 1. The third-order valence-corrected chi connectivity index (χ3v) is 5.17. The van der Waals surface area contributed by atoms with Crippen molar-refractivity contribution < 1.29 is 23.8 Å². The van der Waals surface area contributed by atoms with Gasteiger partial charge in [-0.1, -0.05) is 6.07 Å². The number of benzene rings is 1. The Morgan fingerprint density at radius 1 is 1.21 bits per heavy atom. The van der Waals surface area contributed by atoms with Crippen molar-refractivity contribution in [1.82, 2.24) is 9.88 Å². The third kappa shape index (κ3) is 3.56. The Bertz CT molecular complexity index is 929. The van der Waals surface area contributed by atoms with E-state index in [0.717, 1.165) is 29.8 Å². The molecule has 7 nitrogen and oxygen atoms in total. The Kier molecular flexibility index (Phi) is 4.75. The van der Waals surface area contributed by atoms with Gasteiger partial charge in [0, 0.05) is 24.0 Å². The van der Waals surface area contributed by atoms with Gasteiger partial charge in [0.05, 0.1) is 5.56 Å². The smallest absolute Gasteiger partial charge is 0.340 e. The van der Waals surface area contributed by atoms with Gasteiger partial charge in [-0.25, -0.2) is 4.79 Å². The van der Waals surface area contributed by atoms with Crippen LogP contribution in [0.3, 0.4) is 0 Å². The minimum atomic E-state index is -0.884. The molecule has 1 aliphatic heterocycles. The Balaban J connectivity index is 1.34. The molecule has 1 aliphatic carbocycles. The van der Waals surface area contributed by atoms with Crippen LogP contribution in [-0.2, 0) is 16.1 Å². The molecule has 1 amide bonds. The van der Waals surface area contributed by atoms with Crippen molar-refractivity contribution in [2.75, 3.05) is 6.79 Å². The normalized spacial score (nSPS) is 16.0. The van der Waals surface area contributed by atoms with E-state index in [1.54, 1.807) is 6.92 Å². The standard InChI is InChI=1S/C21H24N2O5/c1-12-8-17(13(2)23(12)16-5-6-16)21(25)28-14(3)20(24)22-10-15-4-7-18-19(9-15)27-11-26-18/h4,7-9,14,16H,5-6,10-11H2,1-3H3,(H,22,24)/t14-/m1/s1. The van der Waals surface area contributed by atoms with Crippen LogP contribution in [0.5, 0.6) is 11.5 Å². The SMILES string of the molecule is Cc1cc(C(=O)O[C@H](C)C(=O)NCc2ccc3c(c2)OCO3)c(C)n1C1CC1. The number of fused-ring (bicyclic) bond motifs is 1. The summed E-state index contributed by atoms with van der Waals surface area (Å²) in [4.78, 5) is 24.9. The first-order chi connectivity index (χ1) is 13.4. The Morgan fingerprint density at radius 2 is 1.96 bits per heavy atom. The summed E-state index contributed by atoms with van der Waals surface area (Å²) in [5.74, 6) is 0.547. The predicted octanol–water partition coefficient (Wildman–Crippen LogP) is 3.03. The molecule has 4 rings (SSSR count). The summed E-state index contributed by atoms with van der Waals surface area (Å²) < 4.78 is 18.2. The molecule has 1 fully saturated rings. The van der Waals surface area contributed by atoms with Gasteiger partial charge in [0.2, 0.25) is 6.79 Å². The second-order valence-corrected chi connectivity index (χ2v) is 7.34. The quantitative estimate of drug-likeness (QED) is 0.775. The van der Waals surface area contributed by atoms with Crippen LogP contribution >= 0.6 is 0 Å². The highest BCUT2D eigenvalue weighted by atomic mass is 16.7. The van der Waals surface area contributed by atoms with Gasteiger partial charge in [-0.15, -0.1) is 0 Å². The van der Waals surface area contributed by atoms with Crippen LogP contribution in [0.15, 0.2) is 24.3 Å². The molecule has 0 bridgehead atoms. The third-order valence-electron chi connectivity index (χ3n) is 5.17. The first-order valence-corrected chi connectivity index (χ1v) is 9.49. The van der Waals surface area contributed by atoms with Gasteiger partial charge in [-0.3, -0.25) is 4.79 Å². The number of carbonyl (C=O) groups is 2. The van der Waals surface area contributed by atoms with Crippen molar-refractivity contribution in [3.05, 3.63) is 46.8 Å². The van der Waals surface area contributed by atoms with Crippen LogP contribution < -0.4 is 14.8 Å². The van der Waals surface area contributed by atoms with Gasteiger partial charge in [0.1, 0.15) is 0 Å². The fourth-order valence-electron chi connectivity index (χ4n) is 3.54. The van der Waals surface area contributed by atoms with E-state index in [0.29, 0.717) is 29.6 Å². The largest absolute Gasteiger partial charge is 0.454 e. The van der Waals surface area contributed by atoms with E-state index in [9.17, 15) is 9.59 Å². The minimum Gasteiger partial charge on any atom is -0.454 e. The first-order valence-electron chi connectivity index (χ1n) is 9.49. The molecule has 0 radical (unpaired) electrons. The number of hydrogen-bond acceptors (Lipinski definition) is 5. The lowest BCUT2D eigenvalue weighted by Gasteiger charge is -2.14. The lowest BCUT2D eigenvalue weighted by Crippen LogP contribution is -2.35. The molecule has 28 heavy (non-hydrogen) atoms. The summed E-state index contributed by atoms with van der Waals surface area (Å²) in [6.07, 6.45) is 1.40. The lowest BCUT2D eigenvalue weighted by molar-refractivity contribution is -0.129. The topological polar surface area (TPSA) is 78.8 Å². The second kappa shape index (κ2) is 7.22. The molecule has 0 saturated heterocycles. The van der Waals surface area contributed by atoms with Gasteiger partial charge in [0.15, 0.2) is 17.6 Å². The lowest BCUT2D eigenvalue weighted by atomic mass is 10.2. The number of rotatable bonds is 6. The maximum absolute atomic E-state index is 12.5. The molecule has 0 spiro atoms. The number of ether oxygens (including phenoxy) is 3.